The summed E-state index contributed by atoms with van der Waals surface area (Å²) >= 11 is 0. The second-order valence-corrected chi connectivity index (χ2v) is 5.15. The number of carbonyl (C=O) groups excluding carboxylic acids is 1. The molecule has 25 heavy (non-hydrogen) atoms. The van der Waals surface area contributed by atoms with E-state index < -0.39 is 0 Å². The largest absolute Gasteiger partial charge is 0.481 e. The number of hydrogen-bond donors (Lipinski definition) is 2. The summed E-state index contributed by atoms with van der Waals surface area (Å²) in [4.78, 5) is 22.5. The Hall–Kier alpha value is -1.58. The zero-order valence-electron chi connectivity index (χ0n) is 15.5. The van der Waals surface area contributed by atoms with E-state index in [1.807, 2.05) is 37.8 Å². The zero-order chi connectivity index (χ0) is 17.8. The van der Waals surface area contributed by atoms with Crippen molar-refractivity contribution in [1.82, 2.24) is 20.5 Å². The van der Waals surface area contributed by atoms with Crippen LogP contribution in [0.2, 0.25) is 0 Å². The van der Waals surface area contributed by atoms with Crippen LogP contribution in [0, 0.1) is 0 Å². The molecule has 2 N–H and O–H groups in total. The van der Waals surface area contributed by atoms with Crippen LogP contribution in [0.25, 0.3) is 0 Å². The molecule has 1 rings (SSSR count). The molecule has 0 spiro atoms. The Morgan fingerprint density at radius 1 is 1.24 bits per heavy atom. The van der Waals surface area contributed by atoms with Crippen LogP contribution in [0.1, 0.15) is 32.8 Å². The van der Waals surface area contributed by atoms with Gasteiger partial charge in [0.05, 0.1) is 13.7 Å². The van der Waals surface area contributed by atoms with E-state index in [0.717, 1.165) is 25.2 Å². The molecule has 0 aliphatic rings. The normalized spacial score (nSPS) is 10.6. The van der Waals surface area contributed by atoms with Crippen molar-refractivity contribution in [2.75, 3.05) is 33.3 Å². The number of amides is 1. The number of aliphatic imine (C=N–C) groups is 1. The van der Waals surface area contributed by atoms with E-state index in [-0.39, 0.29) is 29.9 Å². The molecule has 1 heterocycles. The predicted molar refractivity (Wildman–Crippen MR) is 112 cm³/mol. The summed E-state index contributed by atoms with van der Waals surface area (Å²) in [6.45, 7) is 9.30. The van der Waals surface area contributed by atoms with Gasteiger partial charge in [0.25, 0.3) is 0 Å². The van der Waals surface area contributed by atoms with Gasteiger partial charge >= 0.3 is 0 Å². The number of guanidine groups is 1. The average molecular weight is 463 g/mol. The van der Waals surface area contributed by atoms with Crippen LogP contribution in [0.3, 0.4) is 0 Å². The Balaban J connectivity index is 0.00000576. The minimum Gasteiger partial charge on any atom is -0.481 e. The summed E-state index contributed by atoms with van der Waals surface area (Å²) in [5.41, 5.74) is 0.993. The maximum Gasteiger partial charge on any atom is 0.224 e. The van der Waals surface area contributed by atoms with Gasteiger partial charge in [0.1, 0.15) is 0 Å². The standard InChI is InChI=1S/C17H29N5O2.HI/c1-5-18-17(19-11-10-16(23)22(6-2)7-3)21-13-14-8-9-15(24-4)20-12-14;/h8-9,12H,5-7,10-11,13H2,1-4H3,(H2,18,19,21);1H. The third-order valence-electron chi connectivity index (χ3n) is 3.52. The third-order valence-corrected chi connectivity index (χ3v) is 3.52. The summed E-state index contributed by atoms with van der Waals surface area (Å²) in [7, 11) is 1.59. The topological polar surface area (TPSA) is 78.9 Å². The van der Waals surface area contributed by atoms with Gasteiger partial charge < -0.3 is 20.3 Å². The summed E-state index contributed by atoms with van der Waals surface area (Å²) in [6.07, 6.45) is 2.20. The Kier molecular flexibility index (Phi) is 12.8. The lowest BCUT2D eigenvalue weighted by molar-refractivity contribution is -0.130. The van der Waals surface area contributed by atoms with E-state index in [9.17, 15) is 4.79 Å². The molecule has 0 saturated carbocycles. The maximum atomic E-state index is 12.0. The van der Waals surface area contributed by atoms with Crippen LogP contribution >= 0.6 is 24.0 Å². The van der Waals surface area contributed by atoms with Gasteiger partial charge in [-0.1, -0.05) is 6.07 Å². The summed E-state index contributed by atoms with van der Waals surface area (Å²) in [5.74, 6) is 1.44. The number of aromatic nitrogens is 1. The number of methoxy groups -OCH3 is 1. The highest BCUT2D eigenvalue weighted by atomic mass is 127. The Bertz CT molecular complexity index is 518. The molecule has 0 aromatic carbocycles. The molecule has 0 atom stereocenters. The highest BCUT2D eigenvalue weighted by Gasteiger charge is 2.09. The molecule has 0 fully saturated rings. The van der Waals surface area contributed by atoms with Crippen molar-refractivity contribution < 1.29 is 9.53 Å². The monoisotopic (exact) mass is 463 g/mol. The second kappa shape index (κ2) is 13.7. The average Bonchev–Trinajstić information content (AvgIpc) is 2.61. The van der Waals surface area contributed by atoms with Crippen molar-refractivity contribution in [3.05, 3.63) is 23.9 Å². The molecule has 1 aromatic rings. The maximum absolute atomic E-state index is 12.0. The molecular formula is C17H30IN5O2. The van der Waals surface area contributed by atoms with Crippen molar-refractivity contribution in [2.24, 2.45) is 4.99 Å². The number of carbonyl (C=O) groups is 1. The van der Waals surface area contributed by atoms with E-state index in [2.05, 4.69) is 20.6 Å². The van der Waals surface area contributed by atoms with Crippen molar-refractivity contribution in [1.29, 1.82) is 0 Å². The van der Waals surface area contributed by atoms with Gasteiger partial charge in [0.15, 0.2) is 5.96 Å². The molecule has 1 aromatic heterocycles. The molecule has 7 nitrogen and oxygen atoms in total. The number of nitrogens with one attached hydrogen (secondary N) is 2. The van der Waals surface area contributed by atoms with Crippen LogP contribution in [0.15, 0.2) is 23.3 Å². The molecule has 0 radical (unpaired) electrons. The molecule has 1 amide bonds. The van der Waals surface area contributed by atoms with E-state index in [4.69, 9.17) is 4.74 Å². The minimum atomic E-state index is 0. The molecule has 0 unspecified atom stereocenters. The lowest BCUT2D eigenvalue weighted by Crippen LogP contribution is -2.40. The summed E-state index contributed by atoms with van der Waals surface area (Å²) in [6, 6.07) is 3.75. The summed E-state index contributed by atoms with van der Waals surface area (Å²) < 4.78 is 5.04. The fourth-order valence-electron chi connectivity index (χ4n) is 2.16. The first-order chi connectivity index (χ1) is 11.6. The zero-order valence-corrected chi connectivity index (χ0v) is 17.9. The SMILES string of the molecule is CCNC(=NCc1ccc(OC)nc1)NCCC(=O)N(CC)CC.I. The van der Waals surface area contributed by atoms with Crippen LogP contribution in [-0.2, 0) is 11.3 Å². The highest BCUT2D eigenvalue weighted by molar-refractivity contribution is 14.0. The van der Waals surface area contributed by atoms with Crippen molar-refractivity contribution in [2.45, 2.75) is 33.7 Å². The lowest BCUT2D eigenvalue weighted by Gasteiger charge is -2.19. The van der Waals surface area contributed by atoms with Crippen LogP contribution in [-0.4, -0.2) is 55.0 Å². The molecule has 8 heteroatoms. The first-order valence-corrected chi connectivity index (χ1v) is 8.43. The van der Waals surface area contributed by atoms with Crippen molar-refractivity contribution >= 4 is 35.8 Å². The number of nitrogens with zero attached hydrogens (tertiary/aromatic N) is 3. The van der Waals surface area contributed by atoms with Crippen LogP contribution in [0.4, 0.5) is 0 Å². The van der Waals surface area contributed by atoms with Gasteiger partial charge in [-0.3, -0.25) is 4.79 Å². The lowest BCUT2D eigenvalue weighted by atomic mass is 10.3. The Labute approximate surface area is 167 Å². The Morgan fingerprint density at radius 3 is 2.48 bits per heavy atom. The quantitative estimate of drug-likeness (QED) is 0.333. The molecular weight excluding hydrogens is 433 g/mol. The van der Waals surface area contributed by atoms with Crippen molar-refractivity contribution in [3.8, 4) is 5.88 Å². The molecule has 0 bridgehead atoms. The van der Waals surface area contributed by atoms with E-state index >= 15 is 0 Å². The van der Waals surface area contributed by atoms with Gasteiger partial charge in [-0.25, -0.2) is 9.98 Å². The van der Waals surface area contributed by atoms with Crippen molar-refractivity contribution in [3.63, 3.8) is 0 Å². The number of hydrogen-bond acceptors (Lipinski definition) is 4. The van der Waals surface area contributed by atoms with Gasteiger partial charge in [0, 0.05) is 44.9 Å². The van der Waals surface area contributed by atoms with Crippen LogP contribution in [0.5, 0.6) is 5.88 Å². The molecule has 0 aliphatic heterocycles. The van der Waals surface area contributed by atoms with Gasteiger partial charge in [-0.15, -0.1) is 24.0 Å². The van der Waals surface area contributed by atoms with Gasteiger partial charge in [-0.05, 0) is 26.3 Å². The number of pyridine rings is 1. The Morgan fingerprint density at radius 2 is 1.96 bits per heavy atom. The smallest absolute Gasteiger partial charge is 0.224 e. The third kappa shape index (κ3) is 8.89. The fourth-order valence-corrected chi connectivity index (χ4v) is 2.16. The minimum absolute atomic E-state index is 0. The van der Waals surface area contributed by atoms with Gasteiger partial charge in [0.2, 0.25) is 11.8 Å². The van der Waals surface area contributed by atoms with E-state index in [1.165, 1.54) is 0 Å². The molecule has 0 aliphatic carbocycles. The number of rotatable bonds is 9. The second-order valence-electron chi connectivity index (χ2n) is 5.15. The van der Waals surface area contributed by atoms with E-state index in [1.54, 1.807) is 13.3 Å². The predicted octanol–water partition coefficient (Wildman–Crippen LogP) is 2.02. The van der Waals surface area contributed by atoms with Gasteiger partial charge in [-0.2, -0.15) is 0 Å². The molecule has 142 valence electrons. The number of ether oxygens (including phenoxy) is 1. The highest BCUT2D eigenvalue weighted by Crippen LogP contribution is 2.07. The van der Waals surface area contributed by atoms with E-state index in [0.29, 0.717) is 31.3 Å². The first-order valence-electron chi connectivity index (χ1n) is 8.43. The number of halogens is 1. The summed E-state index contributed by atoms with van der Waals surface area (Å²) in [5, 5.41) is 6.37. The molecule has 0 saturated heterocycles. The first kappa shape index (κ1) is 23.4. The van der Waals surface area contributed by atoms with Crippen LogP contribution < -0.4 is 15.4 Å². The fraction of sp³-hybridized carbons (Fsp3) is 0.588.